The molecule has 0 N–H and O–H groups in total. The van der Waals surface area contributed by atoms with Crippen molar-refractivity contribution in [2.45, 2.75) is 39.2 Å². The third-order valence-corrected chi connectivity index (χ3v) is 4.84. The number of nitrogens with zero attached hydrogens (tertiary/aromatic N) is 2. The molecule has 6 heteroatoms. The molecule has 1 aromatic rings. The van der Waals surface area contributed by atoms with Crippen LogP contribution in [0.5, 0.6) is 0 Å². The molecule has 1 aromatic carbocycles. The van der Waals surface area contributed by atoms with Crippen LogP contribution in [0.2, 0.25) is 0 Å². The Bertz CT molecular complexity index is 627. The fourth-order valence-electron chi connectivity index (χ4n) is 3.01. The van der Waals surface area contributed by atoms with Crippen molar-refractivity contribution >= 4 is 27.9 Å². The van der Waals surface area contributed by atoms with E-state index in [0.29, 0.717) is 18.7 Å². The molecule has 1 unspecified atom stereocenters. The van der Waals surface area contributed by atoms with Crippen LogP contribution in [0.15, 0.2) is 28.7 Å². The summed E-state index contributed by atoms with van der Waals surface area (Å²) in [5, 5.41) is 0. The van der Waals surface area contributed by atoms with Crippen LogP contribution in [-0.2, 0) is 4.74 Å². The average Bonchev–Trinajstić information content (AvgIpc) is 2.53. The van der Waals surface area contributed by atoms with E-state index < -0.39 is 5.60 Å². The number of rotatable bonds is 3. The number of ether oxygens (including phenoxy) is 1. The molecule has 0 saturated carbocycles. The van der Waals surface area contributed by atoms with Crippen LogP contribution in [0.25, 0.3) is 0 Å². The van der Waals surface area contributed by atoms with E-state index in [1.54, 1.807) is 11.9 Å². The Morgan fingerprint density at radius 3 is 2.64 bits per heavy atom. The third-order valence-electron chi connectivity index (χ3n) is 4.15. The van der Waals surface area contributed by atoms with E-state index in [-0.39, 0.29) is 17.9 Å². The van der Waals surface area contributed by atoms with Crippen molar-refractivity contribution in [1.82, 2.24) is 9.80 Å². The molecule has 1 aliphatic heterocycles. The number of benzene rings is 1. The lowest BCUT2D eigenvalue weighted by Crippen LogP contribution is -2.45. The fourth-order valence-corrected chi connectivity index (χ4v) is 3.46. The van der Waals surface area contributed by atoms with Gasteiger partial charge in [-0.1, -0.05) is 12.1 Å². The molecule has 0 aromatic heterocycles. The largest absolute Gasteiger partial charge is 0.444 e. The van der Waals surface area contributed by atoms with Crippen molar-refractivity contribution in [3.8, 4) is 0 Å². The van der Waals surface area contributed by atoms with Gasteiger partial charge in [0.2, 0.25) is 0 Å². The van der Waals surface area contributed by atoms with Gasteiger partial charge in [0.1, 0.15) is 5.60 Å². The monoisotopic (exact) mass is 410 g/mol. The fraction of sp³-hybridized carbons (Fsp3) is 0.579. The third kappa shape index (κ3) is 5.73. The zero-order valence-electron chi connectivity index (χ0n) is 15.4. The second-order valence-electron chi connectivity index (χ2n) is 7.60. The quantitative estimate of drug-likeness (QED) is 0.750. The van der Waals surface area contributed by atoms with Crippen molar-refractivity contribution < 1.29 is 14.3 Å². The van der Waals surface area contributed by atoms with Crippen LogP contribution in [0, 0.1) is 5.92 Å². The molecule has 1 saturated heterocycles. The molecular weight excluding hydrogens is 384 g/mol. The van der Waals surface area contributed by atoms with E-state index in [9.17, 15) is 9.59 Å². The number of hydrogen-bond acceptors (Lipinski definition) is 3. The van der Waals surface area contributed by atoms with Crippen molar-refractivity contribution in [1.29, 1.82) is 0 Å². The summed E-state index contributed by atoms with van der Waals surface area (Å²) in [6, 6.07) is 7.49. The van der Waals surface area contributed by atoms with Gasteiger partial charge >= 0.3 is 6.09 Å². The van der Waals surface area contributed by atoms with Crippen LogP contribution >= 0.6 is 15.9 Å². The summed E-state index contributed by atoms with van der Waals surface area (Å²) < 4.78 is 6.21. The number of piperidine rings is 1. The van der Waals surface area contributed by atoms with E-state index >= 15 is 0 Å². The van der Waals surface area contributed by atoms with E-state index in [2.05, 4.69) is 15.9 Å². The Hall–Kier alpha value is -1.56. The maximum Gasteiger partial charge on any atom is 0.410 e. The zero-order valence-corrected chi connectivity index (χ0v) is 17.0. The molecule has 0 bridgehead atoms. The summed E-state index contributed by atoms with van der Waals surface area (Å²) in [5.41, 5.74) is 0.183. The van der Waals surface area contributed by atoms with E-state index in [0.717, 1.165) is 23.9 Å². The summed E-state index contributed by atoms with van der Waals surface area (Å²) in [6.45, 7) is 7.58. The highest BCUT2D eigenvalue weighted by Crippen LogP contribution is 2.23. The van der Waals surface area contributed by atoms with Crippen LogP contribution < -0.4 is 0 Å². The summed E-state index contributed by atoms with van der Waals surface area (Å²) in [6.07, 6.45) is 1.64. The Kier molecular flexibility index (Phi) is 6.49. The second-order valence-corrected chi connectivity index (χ2v) is 8.45. The molecule has 0 radical (unpaired) electrons. The van der Waals surface area contributed by atoms with Gasteiger partial charge in [-0.15, -0.1) is 0 Å². The molecule has 1 heterocycles. The summed E-state index contributed by atoms with van der Waals surface area (Å²) >= 11 is 3.45. The van der Waals surface area contributed by atoms with Gasteiger partial charge < -0.3 is 14.5 Å². The summed E-state index contributed by atoms with van der Waals surface area (Å²) in [5.74, 6) is 0.301. The topological polar surface area (TPSA) is 49.9 Å². The van der Waals surface area contributed by atoms with Gasteiger partial charge in [-0.2, -0.15) is 0 Å². The van der Waals surface area contributed by atoms with Gasteiger partial charge in [0.25, 0.3) is 5.91 Å². The van der Waals surface area contributed by atoms with Gasteiger partial charge in [-0.05, 0) is 67.6 Å². The van der Waals surface area contributed by atoms with E-state index in [1.165, 1.54) is 0 Å². The molecule has 5 nitrogen and oxygen atoms in total. The molecule has 2 rings (SSSR count). The first-order chi connectivity index (χ1) is 11.7. The summed E-state index contributed by atoms with van der Waals surface area (Å²) in [4.78, 5) is 28.4. The van der Waals surface area contributed by atoms with Gasteiger partial charge in [0.15, 0.2) is 0 Å². The van der Waals surface area contributed by atoms with Crippen LogP contribution in [0.3, 0.4) is 0 Å². The minimum Gasteiger partial charge on any atom is -0.444 e. The number of hydrogen-bond donors (Lipinski definition) is 0. The van der Waals surface area contributed by atoms with Crippen molar-refractivity contribution in [3.05, 3.63) is 34.3 Å². The lowest BCUT2D eigenvalue weighted by atomic mass is 9.97. The molecule has 2 amide bonds. The first-order valence-electron chi connectivity index (χ1n) is 8.65. The molecule has 1 aliphatic rings. The Labute approximate surface area is 158 Å². The minimum absolute atomic E-state index is 0.0390. The molecule has 138 valence electrons. The zero-order chi connectivity index (χ0) is 18.6. The van der Waals surface area contributed by atoms with Gasteiger partial charge in [0.05, 0.1) is 5.56 Å². The molecule has 0 spiro atoms. The Balaban J connectivity index is 1.95. The first kappa shape index (κ1) is 19.8. The second kappa shape index (κ2) is 8.21. The highest BCUT2D eigenvalue weighted by molar-refractivity contribution is 9.10. The average molecular weight is 411 g/mol. The molecule has 25 heavy (non-hydrogen) atoms. The predicted molar refractivity (Wildman–Crippen MR) is 102 cm³/mol. The number of amides is 2. The number of carbonyl (C=O) groups excluding carboxylic acids is 2. The van der Waals surface area contributed by atoms with Gasteiger partial charge in [-0.3, -0.25) is 4.79 Å². The molecule has 1 atom stereocenters. The van der Waals surface area contributed by atoms with E-state index in [4.69, 9.17) is 4.74 Å². The maximum atomic E-state index is 12.8. The van der Waals surface area contributed by atoms with Gasteiger partial charge in [0, 0.05) is 31.2 Å². The highest BCUT2D eigenvalue weighted by atomic mass is 79.9. The Morgan fingerprint density at radius 2 is 2.00 bits per heavy atom. The van der Waals surface area contributed by atoms with Crippen LogP contribution in [-0.4, -0.2) is 54.1 Å². The normalized spacial score (nSPS) is 18.0. The summed E-state index contributed by atoms with van der Waals surface area (Å²) in [7, 11) is 1.75. The van der Waals surface area contributed by atoms with Crippen molar-refractivity contribution in [2.75, 3.05) is 26.7 Å². The molecule has 1 fully saturated rings. The minimum atomic E-state index is -0.501. The highest BCUT2D eigenvalue weighted by Gasteiger charge is 2.28. The number of carbonyl (C=O) groups is 2. The van der Waals surface area contributed by atoms with Crippen molar-refractivity contribution in [3.63, 3.8) is 0 Å². The first-order valence-corrected chi connectivity index (χ1v) is 9.44. The van der Waals surface area contributed by atoms with Crippen LogP contribution in [0.4, 0.5) is 4.79 Å². The van der Waals surface area contributed by atoms with Crippen molar-refractivity contribution in [2.24, 2.45) is 5.92 Å². The molecule has 0 aliphatic carbocycles. The maximum absolute atomic E-state index is 12.8. The number of likely N-dealkylation sites (tertiary alicyclic amines) is 1. The standard InChI is InChI=1S/C19H27BrN2O3/c1-19(2,3)25-18(24)21(4)12-14-8-7-11-22(13-14)17(23)15-9-5-6-10-16(15)20/h5-6,9-10,14H,7-8,11-13H2,1-4H3. The van der Waals surface area contributed by atoms with Gasteiger partial charge in [-0.25, -0.2) is 4.79 Å². The lowest BCUT2D eigenvalue weighted by Gasteiger charge is -2.35. The molecular formula is C19H27BrN2O3. The Morgan fingerprint density at radius 1 is 1.32 bits per heavy atom. The van der Waals surface area contributed by atoms with E-state index in [1.807, 2.05) is 49.9 Å². The predicted octanol–water partition coefficient (Wildman–Crippen LogP) is 4.17. The van der Waals surface area contributed by atoms with Crippen LogP contribution in [0.1, 0.15) is 44.0 Å². The SMILES string of the molecule is CN(CC1CCCN(C(=O)c2ccccc2Br)C1)C(=O)OC(C)(C)C. The lowest BCUT2D eigenvalue weighted by molar-refractivity contribution is 0.0244. The number of halogens is 1. The smallest absolute Gasteiger partial charge is 0.410 e.